The molecule has 0 atom stereocenters. The minimum absolute atomic E-state index is 0.0366. The molecule has 2 rings (SSSR count). The number of pyridine rings is 1. The van der Waals surface area contributed by atoms with Crippen molar-refractivity contribution in [2.75, 3.05) is 0 Å². The van der Waals surface area contributed by atoms with E-state index in [1.54, 1.807) is 12.4 Å². The minimum atomic E-state index is -0.0366. The minimum Gasteiger partial charge on any atom is -0.390 e. The quantitative estimate of drug-likeness (QED) is 0.747. The number of nitrogens with one attached hydrogen (secondary N) is 1. The SMILES string of the molecule is Cc1ccc(CO)nc1-c1cn[nH]c1. The summed E-state index contributed by atoms with van der Waals surface area (Å²) in [6.07, 6.45) is 3.51. The molecule has 0 saturated carbocycles. The molecule has 0 aliphatic rings. The summed E-state index contributed by atoms with van der Waals surface area (Å²) >= 11 is 0. The first kappa shape index (κ1) is 8.90. The molecule has 72 valence electrons. The summed E-state index contributed by atoms with van der Waals surface area (Å²) in [7, 11) is 0. The second kappa shape index (κ2) is 3.59. The Labute approximate surface area is 81.6 Å². The predicted molar refractivity (Wildman–Crippen MR) is 52.5 cm³/mol. The lowest BCUT2D eigenvalue weighted by atomic mass is 10.1. The molecule has 2 N–H and O–H groups in total. The fraction of sp³-hybridized carbons (Fsp3) is 0.200. The number of aromatic nitrogens is 3. The molecule has 0 aliphatic carbocycles. The summed E-state index contributed by atoms with van der Waals surface area (Å²) in [4.78, 5) is 4.32. The van der Waals surface area contributed by atoms with Crippen molar-refractivity contribution in [2.45, 2.75) is 13.5 Å². The Bertz CT molecular complexity index is 423. The van der Waals surface area contributed by atoms with Gasteiger partial charge in [0.2, 0.25) is 0 Å². The zero-order chi connectivity index (χ0) is 9.97. The molecule has 2 heterocycles. The standard InChI is InChI=1S/C10H11N3O/c1-7-2-3-9(6-14)13-10(7)8-4-11-12-5-8/h2-5,14H,6H2,1H3,(H,11,12). The Morgan fingerprint density at radius 3 is 2.93 bits per heavy atom. The zero-order valence-electron chi connectivity index (χ0n) is 7.86. The van der Waals surface area contributed by atoms with Crippen LogP contribution in [0.25, 0.3) is 11.3 Å². The Morgan fingerprint density at radius 1 is 1.43 bits per heavy atom. The fourth-order valence-electron chi connectivity index (χ4n) is 1.33. The van der Waals surface area contributed by atoms with Crippen LogP contribution in [0.3, 0.4) is 0 Å². The summed E-state index contributed by atoms with van der Waals surface area (Å²) < 4.78 is 0. The van der Waals surface area contributed by atoms with Crippen LogP contribution < -0.4 is 0 Å². The second-order valence-electron chi connectivity index (χ2n) is 3.11. The summed E-state index contributed by atoms with van der Waals surface area (Å²) in [6.45, 7) is 1.95. The first-order chi connectivity index (χ1) is 6.81. The van der Waals surface area contributed by atoms with Crippen molar-refractivity contribution in [1.82, 2.24) is 15.2 Å². The molecule has 14 heavy (non-hydrogen) atoms. The van der Waals surface area contributed by atoms with Gasteiger partial charge in [0.25, 0.3) is 0 Å². The Morgan fingerprint density at radius 2 is 2.29 bits per heavy atom. The van der Waals surface area contributed by atoms with Gasteiger partial charge in [-0.3, -0.25) is 5.10 Å². The van der Waals surface area contributed by atoms with Crippen LogP contribution in [0, 0.1) is 6.92 Å². The van der Waals surface area contributed by atoms with Gasteiger partial charge in [-0.1, -0.05) is 6.07 Å². The molecule has 4 heteroatoms. The molecule has 0 aliphatic heterocycles. The molecule has 0 amide bonds. The van der Waals surface area contributed by atoms with E-state index >= 15 is 0 Å². The van der Waals surface area contributed by atoms with E-state index in [0.29, 0.717) is 5.69 Å². The maximum absolute atomic E-state index is 8.96. The van der Waals surface area contributed by atoms with Crippen LogP contribution in [-0.4, -0.2) is 20.3 Å². The summed E-state index contributed by atoms with van der Waals surface area (Å²) in [5.74, 6) is 0. The van der Waals surface area contributed by atoms with Gasteiger partial charge in [-0.05, 0) is 18.6 Å². The normalized spacial score (nSPS) is 10.4. The van der Waals surface area contributed by atoms with E-state index in [1.165, 1.54) is 0 Å². The summed E-state index contributed by atoms with van der Waals surface area (Å²) in [6, 6.07) is 3.76. The maximum Gasteiger partial charge on any atom is 0.0853 e. The molecule has 0 bridgehead atoms. The van der Waals surface area contributed by atoms with Gasteiger partial charge in [0, 0.05) is 11.8 Å². The van der Waals surface area contributed by atoms with Gasteiger partial charge in [-0.2, -0.15) is 5.10 Å². The molecule has 0 aromatic carbocycles. The number of nitrogens with zero attached hydrogens (tertiary/aromatic N) is 2. The van der Waals surface area contributed by atoms with Gasteiger partial charge < -0.3 is 5.11 Å². The van der Waals surface area contributed by atoms with E-state index in [9.17, 15) is 0 Å². The Balaban J connectivity index is 2.51. The molecule has 2 aromatic rings. The van der Waals surface area contributed by atoms with Crippen LogP contribution in [0.5, 0.6) is 0 Å². The number of H-pyrrole nitrogens is 1. The van der Waals surface area contributed by atoms with Crippen molar-refractivity contribution < 1.29 is 5.11 Å². The molecular weight excluding hydrogens is 178 g/mol. The number of aryl methyl sites for hydroxylation is 1. The van der Waals surface area contributed by atoms with Crippen LogP contribution in [-0.2, 0) is 6.61 Å². The van der Waals surface area contributed by atoms with Gasteiger partial charge in [0.05, 0.1) is 24.2 Å². The smallest absolute Gasteiger partial charge is 0.0853 e. The van der Waals surface area contributed by atoms with Gasteiger partial charge in [0.15, 0.2) is 0 Å². The number of aliphatic hydroxyl groups is 1. The average molecular weight is 189 g/mol. The fourth-order valence-corrected chi connectivity index (χ4v) is 1.33. The number of rotatable bonds is 2. The number of aromatic amines is 1. The van der Waals surface area contributed by atoms with Gasteiger partial charge in [-0.15, -0.1) is 0 Å². The van der Waals surface area contributed by atoms with E-state index in [-0.39, 0.29) is 6.61 Å². The van der Waals surface area contributed by atoms with Crippen molar-refractivity contribution in [3.63, 3.8) is 0 Å². The Hall–Kier alpha value is -1.68. The highest BCUT2D eigenvalue weighted by molar-refractivity contribution is 5.60. The van der Waals surface area contributed by atoms with E-state index < -0.39 is 0 Å². The van der Waals surface area contributed by atoms with Crippen molar-refractivity contribution in [3.8, 4) is 11.3 Å². The van der Waals surface area contributed by atoms with Gasteiger partial charge >= 0.3 is 0 Å². The van der Waals surface area contributed by atoms with Crippen molar-refractivity contribution >= 4 is 0 Å². The van der Waals surface area contributed by atoms with E-state index in [2.05, 4.69) is 15.2 Å². The highest BCUT2D eigenvalue weighted by Gasteiger charge is 2.05. The lowest BCUT2D eigenvalue weighted by Gasteiger charge is -2.03. The second-order valence-corrected chi connectivity index (χ2v) is 3.11. The molecule has 2 aromatic heterocycles. The first-order valence-corrected chi connectivity index (χ1v) is 4.38. The van der Waals surface area contributed by atoms with Crippen molar-refractivity contribution in [3.05, 3.63) is 35.8 Å². The molecule has 0 fully saturated rings. The zero-order valence-corrected chi connectivity index (χ0v) is 7.86. The molecule has 0 spiro atoms. The van der Waals surface area contributed by atoms with E-state index in [0.717, 1.165) is 16.8 Å². The predicted octanol–water partition coefficient (Wildman–Crippen LogP) is 1.27. The third kappa shape index (κ3) is 1.52. The van der Waals surface area contributed by atoms with Crippen LogP contribution in [0.4, 0.5) is 0 Å². The van der Waals surface area contributed by atoms with Crippen LogP contribution >= 0.6 is 0 Å². The van der Waals surface area contributed by atoms with Crippen LogP contribution in [0.2, 0.25) is 0 Å². The summed E-state index contributed by atoms with van der Waals surface area (Å²) in [5.41, 5.74) is 3.55. The topological polar surface area (TPSA) is 61.8 Å². The molecule has 0 saturated heterocycles. The molecule has 0 unspecified atom stereocenters. The van der Waals surface area contributed by atoms with Crippen LogP contribution in [0.15, 0.2) is 24.5 Å². The third-order valence-electron chi connectivity index (χ3n) is 2.09. The number of hydrogen-bond donors (Lipinski definition) is 2. The first-order valence-electron chi connectivity index (χ1n) is 4.38. The third-order valence-corrected chi connectivity index (χ3v) is 2.09. The highest BCUT2D eigenvalue weighted by atomic mass is 16.3. The summed E-state index contributed by atoms with van der Waals surface area (Å²) in [5, 5.41) is 15.6. The lowest BCUT2D eigenvalue weighted by Crippen LogP contribution is -1.93. The largest absolute Gasteiger partial charge is 0.390 e. The molecule has 4 nitrogen and oxygen atoms in total. The Kier molecular flexibility index (Phi) is 2.28. The number of aliphatic hydroxyl groups excluding tert-OH is 1. The van der Waals surface area contributed by atoms with Crippen molar-refractivity contribution in [1.29, 1.82) is 0 Å². The van der Waals surface area contributed by atoms with Gasteiger partial charge in [0.1, 0.15) is 0 Å². The average Bonchev–Trinajstić information content (AvgIpc) is 2.71. The van der Waals surface area contributed by atoms with Gasteiger partial charge in [-0.25, -0.2) is 4.98 Å². The number of hydrogen-bond acceptors (Lipinski definition) is 3. The monoisotopic (exact) mass is 189 g/mol. The van der Waals surface area contributed by atoms with Crippen molar-refractivity contribution in [2.24, 2.45) is 0 Å². The molecule has 0 radical (unpaired) electrons. The van der Waals surface area contributed by atoms with Crippen LogP contribution in [0.1, 0.15) is 11.3 Å². The molecular formula is C10H11N3O. The van der Waals surface area contributed by atoms with E-state index in [1.807, 2.05) is 19.1 Å². The highest BCUT2D eigenvalue weighted by Crippen LogP contribution is 2.19. The van der Waals surface area contributed by atoms with E-state index in [4.69, 9.17) is 5.11 Å². The maximum atomic E-state index is 8.96. The lowest BCUT2D eigenvalue weighted by molar-refractivity contribution is 0.277.